The average Bonchev–Trinajstić information content (AvgIpc) is 3.51. The third-order valence-corrected chi connectivity index (χ3v) is 9.76. The molecule has 1 heterocycles. The van der Waals surface area contributed by atoms with Crippen LogP contribution < -0.4 is 5.32 Å². The number of carboxylic acids is 1. The number of thioether (sulfide) groups is 2. The summed E-state index contributed by atoms with van der Waals surface area (Å²) >= 11 is 1.84. The molecule has 0 spiro atoms. The van der Waals surface area contributed by atoms with Crippen molar-refractivity contribution in [2.45, 2.75) is 42.9 Å². The molecule has 3 atom stereocenters. The Kier molecular flexibility index (Phi) is 11.0. The molecule has 42 heavy (non-hydrogen) atoms. The highest BCUT2D eigenvalue weighted by Gasteiger charge is 2.40. The molecule has 218 valence electrons. The molecule has 10 heteroatoms. The van der Waals surface area contributed by atoms with Gasteiger partial charge in [0.2, 0.25) is 22.0 Å². The van der Waals surface area contributed by atoms with Crippen LogP contribution in [0.1, 0.15) is 46.0 Å². The van der Waals surface area contributed by atoms with E-state index < -0.39 is 34.5 Å². The maximum absolute atomic E-state index is 13.8. The van der Waals surface area contributed by atoms with Crippen LogP contribution in [0.15, 0.2) is 91.0 Å². The molecule has 2 amide bonds. The maximum atomic E-state index is 13.8. The molecule has 1 aliphatic rings. The van der Waals surface area contributed by atoms with Crippen LogP contribution in [0.3, 0.4) is 0 Å². The van der Waals surface area contributed by atoms with Gasteiger partial charge in [0.15, 0.2) is 0 Å². The van der Waals surface area contributed by atoms with Crippen molar-refractivity contribution in [3.63, 3.8) is 0 Å². The van der Waals surface area contributed by atoms with Crippen LogP contribution in [0.4, 0.5) is 0 Å². The minimum absolute atomic E-state index is 0.109. The van der Waals surface area contributed by atoms with Crippen LogP contribution in [0, 0.1) is 5.92 Å². The number of aliphatic carboxylic acids is 1. The van der Waals surface area contributed by atoms with Gasteiger partial charge in [-0.05, 0) is 18.4 Å². The molecule has 4 rings (SSSR count). The van der Waals surface area contributed by atoms with Gasteiger partial charge < -0.3 is 15.3 Å². The Morgan fingerprint density at radius 3 is 1.83 bits per heavy atom. The minimum Gasteiger partial charge on any atom is -0.480 e. The first-order valence-corrected chi connectivity index (χ1v) is 15.4. The highest BCUT2D eigenvalue weighted by atomic mass is 32.2. The third-order valence-electron chi connectivity index (χ3n) is 7.00. The Morgan fingerprint density at radius 2 is 1.33 bits per heavy atom. The van der Waals surface area contributed by atoms with Crippen molar-refractivity contribution in [3.05, 3.63) is 108 Å². The summed E-state index contributed by atoms with van der Waals surface area (Å²) in [4.78, 5) is 66.8. The van der Waals surface area contributed by atoms with Gasteiger partial charge in [-0.25, -0.2) is 4.79 Å². The SMILES string of the molecule is CC(C(=O)N1CCC[C@H]1C(=O)N[C@@H](Cc1ccccc1)C(=O)O)C(SC(=O)c1ccccc1)SC(=O)c1ccccc1. The predicted molar refractivity (Wildman–Crippen MR) is 164 cm³/mol. The Bertz CT molecular complexity index is 1350. The fourth-order valence-electron chi connectivity index (χ4n) is 4.72. The van der Waals surface area contributed by atoms with E-state index in [1.165, 1.54) is 4.90 Å². The number of benzene rings is 3. The van der Waals surface area contributed by atoms with Gasteiger partial charge in [-0.15, -0.1) is 0 Å². The maximum Gasteiger partial charge on any atom is 0.326 e. The monoisotopic (exact) mass is 604 g/mol. The lowest BCUT2D eigenvalue weighted by atomic mass is 10.0. The molecule has 0 saturated carbocycles. The standard InChI is InChI=1S/C32H32N2O6S2/c1-21(32(41-30(39)23-14-7-3-8-15-23)42-31(40)24-16-9-4-10-17-24)28(36)34-19-11-18-26(34)27(35)33-25(29(37)38)20-22-12-5-2-6-13-22/h2-10,12-17,21,25-26,32H,11,18-20H2,1H3,(H,33,35)(H,37,38)/t21?,25-,26-/m0/s1. The number of nitrogens with one attached hydrogen (secondary N) is 1. The molecule has 1 aliphatic heterocycles. The number of hydrogen-bond donors (Lipinski definition) is 2. The smallest absolute Gasteiger partial charge is 0.326 e. The van der Waals surface area contributed by atoms with Gasteiger partial charge in [0.05, 0.1) is 10.5 Å². The van der Waals surface area contributed by atoms with Crippen molar-refractivity contribution in [2.24, 2.45) is 5.92 Å². The molecule has 3 aromatic rings. The van der Waals surface area contributed by atoms with Crippen LogP contribution in [-0.2, 0) is 20.8 Å². The Hall–Kier alpha value is -3.89. The van der Waals surface area contributed by atoms with Gasteiger partial charge in [0, 0.05) is 24.1 Å². The summed E-state index contributed by atoms with van der Waals surface area (Å²) in [5.74, 6) is -2.86. The van der Waals surface area contributed by atoms with Gasteiger partial charge in [0.25, 0.3) is 0 Å². The summed E-state index contributed by atoms with van der Waals surface area (Å²) < 4.78 is -0.757. The van der Waals surface area contributed by atoms with Gasteiger partial charge in [-0.3, -0.25) is 19.2 Å². The van der Waals surface area contributed by atoms with Crippen molar-refractivity contribution in [1.82, 2.24) is 10.2 Å². The summed E-state index contributed by atoms with van der Waals surface area (Å²) in [5.41, 5.74) is 1.68. The average molecular weight is 605 g/mol. The van der Waals surface area contributed by atoms with Crippen molar-refractivity contribution in [2.75, 3.05) is 6.54 Å². The lowest BCUT2D eigenvalue weighted by molar-refractivity contribution is -0.144. The fraction of sp³-hybridized carbons (Fsp3) is 0.281. The number of likely N-dealkylation sites (tertiary alicyclic amines) is 1. The van der Waals surface area contributed by atoms with E-state index in [2.05, 4.69) is 5.32 Å². The van der Waals surface area contributed by atoms with Crippen LogP contribution >= 0.6 is 23.5 Å². The van der Waals surface area contributed by atoms with Crippen molar-refractivity contribution >= 4 is 51.5 Å². The van der Waals surface area contributed by atoms with Gasteiger partial charge >= 0.3 is 5.97 Å². The lowest BCUT2D eigenvalue weighted by Crippen LogP contribution is -2.52. The van der Waals surface area contributed by atoms with Crippen molar-refractivity contribution < 1.29 is 29.1 Å². The summed E-state index contributed by atoms with van der Waals surface area (Å²) in [7, 11) is 0. The van der Waals surface area contributed by atoms with E-state index >= 15 is 0 Å². The van der Waals surface area contributed by atoms with Crippen LogP contribution in [0.5, 0.6) is 0 Å². The topological polar surface area (TPSA) is 121 Å². The molecule has 2 N–H and O–H groups in total. The molecular weight excluding hydrogens is 572 g/mol. The van der Waals surface area contributed by atoms with E-state index in [0.717, 1.165) is 29.1 Å². The number of rotatable bonds is 11. The lowest BCUT2D eigenvalue weighted by Gasteiger charge is -2.30. The second kappa shape index (κ2) is 14.8. The highest BCUT2D eigenvalue weighted by Crippen LogP contribution is 2.37. The molecule has 8 nitrogen and oxygen atoms in total. The molecule has 0 aromatic heterocycles. The molecule has 0 radical (unpaired) electrons. The van der Waals surface area contributed by atoms with E-state index in [1.54, 1.807) is 91.9 Å². The molecule has 1 fully saturated rings. The quantitative estimate of drug-likeness (QED) is 0.297. The Balaban J connectivity index is 1.50. The van der Waals surface area contributed by atoms with E-state index in [-0.39, 0.29) is 22.6 Å². The van der Waals surface area contributed by atoms with E-state index in [9.17, 15) is 29.1 Å². The number of carbonyl (C=O) groups excluding carboxylic acids is 4. The molecule has 3 aromatic carbocycles. The summed E-state index contributed by atoms with van der Waals surface area (Å²) in [6, 6.07) is 24.3. The van der Waals surface area contributed by atoms with Crippen LogP contribution in [0.2, 0.25) is 0 Å². The Labute approximate surface area is 253 Å². The minimum atomic E-state index is -1.16. The number of amides is 2. The highest BCUT2D eigenvalue weighted by molar-refractivity contribution is 8.30. The zero-order valence-electron chi connectivity index (χ0n) is 23.1. The Morgan fingerprint density at radius 1 is 0.833 bits per heavy atom. The second-order valence-electron chi connectivity index (χ2n) is 9.98. The third kappa shape index (κ3) is 8.10. The number of hydrogen-bond acceptors (Lipinski definition) is 7. The van der Waals surface area contributed by atoms with Crippen molar-refractivity contribution in [1.29, 1.82) is 0 Å². The number of carboxylic acid groups (broad SMARTS) is 1. The first-order chi connectivity index (χ1) is 20.2. The van der Waals surface area contributed by atoms with Gasteiger partial charge in [-0.1, -0.05) is 121 Å². The van der Waals surface area contributed by atoms with Gasteiger partial charge in [-0.2, -0.15) is 0 Å². The van der Waals surface area contributed by atoms with E-state index in [4.69, 9.17) is 0 Å². The van der Waals surface area contributed by atoms with Crippen LogP contribution in [0.25, 0.3) is 0 Å². The number of carbonyl (C=O) groups is 5. The molecular formula is C32H32N2O6S2. The summed E-state index contributed by atoms with van der Waals surface area (Å²) in [5, 5.41) is 11.8. The van der Waals surface area contributed by atoms with E-state index in [1.807, 2.05) is 6.07 Å². The van der Waals surface area contributed by atoms with Crippen molar-refractivity contribution in [3.8, 4) is 0 Å². The first-order valence-electron chi connectivity index (χ1n) is 13.6. The molecule has 1 saturated heterocycles. The van der Waals surface area contributed by atoms with Crippen LogP contribution in [-0.4, -0.2) is 61.2 Å². The zero-order chi connectivity index (χ0) is 30.1. The normalized spacial score (nSPS) is 16.0. The number of nitrogens with zero attached hydrogens (tertiary/aromatic N) is 1. The molecule has 1 unspecified atom stereocenters. The zero-order valence-corrected chi connectivity index (χ0v) is 24.7. The predicted octanol–water partition coefficient (Wildman–Crippen LogP) is 4.90. The molecule has 0 aliphatic carbocycles. The summed E-state index contributed by atoms with van der Waals surface area (Å²) in [6.07, 6.45) is 1.07. The van der Waals surface area contributed by atoms with Gasteiger partial charge in [0.1, 0.15) is 12.1 Å². The molecule has 0 bridgehead atoms. The largest absolute Gasteiger partial charge is 0.480 e. The fourth-order valence-corrected chi connectivity index (χ4v) is 7.05. The second-order valence-corrected chi connectivity index (χ2v) is 12.5. The first kappa shape index (κ1) is 31.1. The summed E-state index contributed by atoms with van der Waals surface area (Å²) in [6.45, 7) is 1.98. The van der Waals surface area contributed by atoms with E-state index in [0.29, 0.717) is 30.5 Å².